The Morgan fingerprint density at radius 1 is 1.82 bits per heavy atom. The third kappa shape index (κ3) is 2.24. The van der Waals surface area contributed by atoms with E-state index in [0.29, 0.717) is 11.7 Å². The lowest BCUT2D eigenvalue weighted by atomic mass is 10.6. The van der Waals surface area contributed by atoms with Crippen molar-refractivity contribution in [2.45, 2.75) is 13.5 Å². The molecule has 1 amide bonds. The number of amides is 1. The standard InChI is InChI=1S/C5H7N3O3/c1-3-7-4(8-11-3)2-6-5(9)10/h6H,2H2,1H3,(H,9,10). The minimum Gasteiger partial charge on any atom is -0.465 e. The van der Waals surface area contributed by atoms with E-state index < -0.39 is 6.09 Å². The van der Waals surface area contributed by atoms with Crippen LogP contribution in [0.15, 0.2) is 4.52 Å². The average Bonchev–Trinajstić information content (AvgIpc) is 2.31. The highest BCUT2D eigenvalue weighted by atomic mass is 16.5. The molecular formula is C5H7N3O3. The Bertz CT molecular complexity index is 257. The molecule has 0 saturated heterocycles. The van der Waals surface area contributed by atoms with Crippen LogP contribution in [0.1, 0.15) is 11.7 Å². The van der Waals surface area contributed by atoms with Gasteiger partial charge in [-0.25, -0.2) is 4.79 Å². The van der Waals surface area contributed by atoms with Gasteiger partial charge < -0.3 is 14.9 Å². The molecule has 0 aliphatic carbocycles. The molecule has 2 N–H and O–H groups in total. The van der Waals surface area contributed by atoms with E-state index in [-0.39, 0.29) is 6.54 Å². The maximum absolute atomic E-state index is 9.98. The number of aryl methyl sites for hydroxylation is 1. The Balaban J connectivity index is 2.45. The molecule has 0 aliphatic rings. The van der Waals surface area contributed by atoms with Crippen LogP contribution in [0.2, 0.25) is 0 Å². The number of hydrogen-bond acceptors (Lipinski definition) is 4. The smallest absolute Gasteiger partial charge is 0.405 e. The van der Waals surface area contributed by atoms with E-state index in [1.165, 1.54) is 0 Å². The van der Waals surface area contributed by atoms with Crippen LogP contribution >= 0.6 is 0 Å². The number of nitrogens with one attached hydrogen (secondary N) is 1. The van der Waals surface area contributed by atoms with Crippen LogP contribution in [0.25, 0.3) is 0 Å². The average molecular weight is 157 g/mol. The molecule has 0 atom stereocenters. The number of carboxylic acid groups (broad SMARTS) is 1. The molecule has 0 bridgehead atoms. The minimum absolute atomic E-state index is 0.0761. The van der Waals surface area contributed by atoms with Crippen molar-refractivity contribution in [2.75, 3.05) is 0 Å². The van der Waals surface area contributed by atoms with Crippen molar-refractivity contribution in [1.29, 1.82) is 0 Å². The van der Waals surface area contributed by atoms with Crippen LogP contribution in [-0.4, -0.2) is 21.3 Å². The fourth-order valence-corrected chi connectivity index (χ4v) is 0.568. The van der Waals surface area contributed by atoms with E-state index in [4.69, 9.17) is 5.11 Å². The van der Waals surface area contributed by atoms with E-state index in [2.05, 4.69) is 20.0 Å². The second kappa shape index (κ2) is 3.00. The first kappa shape index (κ1) is 7.52. The maximum atomic E-state index is 9.98. The Morgan fingerprint density at radius 3 is 3.00 bits per heavy atom. The van der Waals surface area contributed by atoms with Crippen LogP contribution in [0.5, 0.6) is 0 Å². The third-order valence-electron chi connectivity index (χ3n) is 0.967. The van der Waals surface area contributed by atoms with Crippen molar-refractivity contribution < 1.29 is 14.4 Å². The molecule has 1 rings (SSSR count). The molecule has 0 radical (unpaired) electrons. The zero-order valence-electron chi connectivity index (χ0n) is 5.87. The van der Waals surface area contributed by atoms with Crippen molar-refractivity contribution in [3.8, 4) is 0 Å². The lowest BCUT2D eigenvalue weighted by Gasteiger charge is -1.91. The van der Waals surface area contributed by atoms with Gasteiger partial charge in [0.05, 0.1) is 6.54 Å². The molecule has 0 saturated carbocycles. The predicted molar refractivity (Wildman–Crippen MR) is 33.9 cm³/mol. The molecular weight excluding hydrogens is 150 g/mol. The Morgan fingerprint density at radius 2 is 2.55 bits per heavy atom. The van der Waals surface area contributed by atoms with Crippen LogP contribution < -0.4 is 5.32 Å². The van der Waals surface area contributed by atoms with Gasteiger partial charge in [-0.1, -0.05) is 5.16 Å². The van der Waals surface area contributed by atoms with Crippen molar-refractivity contribution in [1.82, 2.24) is 15.5 Å². The van der Waals surface area contributed by atoms with E-state index in [1.807, 2.05) is 0 Å². The van der Waals surface area contributed by atoms with Gasteiger partial charge in [0, 0.05) is 6.92 Å². The summed E-state index contributed by atoms with van der Waals surface area (Å²) in [5.41, 5.74) is 0. The zero-order chi connectivity index (χ0) is 8.27. The molecule has 0 aromatic carbocycles. The molecule has 1 aromatic heterocycles. The summed E-state index contributed by atoms with van der Waals surface area (Å²) in [6, 6.07) is 0. The van der Waals surface area contributed by atoms with E-state index in [0.717, 1.165) is 0 Å². The van der Waals surface area contributed by atoms with Gasteiger partial charge in [0.2, 0.25) is 5.89 Å². The molecule has 1 heterocycles. The second-order valence-electron chi connectivity index (χ2n) is 1.89. The van der Waals surface area contributed by atoms with E-state index >= 15 is 0 Å². The van der Waals surface area contributed by atoms with Gasteiger partial charge in [-0.15, -0.1) is 0 Å². The number of carbonyl (C=O) groups is 1. The SMILES string of the molecule is Cc1nc(CNC(=O)O)no1. The molecule has 6 nitrogen and oxygen atoms in total. The number of rotatable bonds is 2. The summed E-state index contributed by atoms with van der Waals surface area (Å²) >= 11 is 0. The van der Waals surface area contributed by atoms with Crippen LogP contribution in [0, 0.1) is 6.92 Å². The first-order valence-corrected chi connectivity index (χ1v) is 2.94. The summed E-state index contributed by atoms with van der Waals surface area (Å²) in [5.74, 6) is 0.761. The maximum Gasteiger partial charge on any atom is 0.405 e. The van der Waals surface area contributed by atoms with Gasteiger partial charge in [0.25, 0.3) is 0 Å². The van der Waals surface area contributed by atoms with Crippen LogP contribution in [0.3, 0.4) is 0 Å². The number of hydrogen-bond donors (Lipinski definition) is 2. The fraction of sp³-hybridized carbons (Fsp3) is 0.400. The summed E-state index contributed by atoms with van der Waals surface area (Å²) < 4.78 is 4.60. The van der Waals surface area contributed by atoms with Crippen LogP contribution in [0.4, 0.5) is 4.79 Å². The monoisotopic (exact) mass is 157 g/mol. The summed E-state index contributed by atoms with van der Waals surface area (Å²) in [7, 11) is 0. The highest BCUT2D eigenvalue weighted by molar-refractivity contribution is 5.64. The van der Waals surface area contributed by atoms with Crippen molar-refractivity contribution >= 4 is 6.09 Å². The van der Waals surface area contributed by atoms with Gasteiger partial charge >= 0.3 is 6.09 Å². The first-order valence-electron chi connectivity index (χ1n) is 2.94. The largest absolute Gasteiger partial charge is 0.465 e. The third-order valence-corrected chi connectivity index (χ3v) is 0.967. The quantitative estimate of drug-likeness (QED) is 0.637. The zero-order valence-corrected chi connectivity index (χ0v) is 5.87. The summed E-state index contributed by atoms with van der Waals surface area (Å²) in [5, 5.41) is 13.8. The lowest BCUT2D eigenvalue weighted by molar-refractivity contribution is 0.193. The molecule has 0 unspecified atom stereocenters. The van der Waals surface area contributed by atoms with Crippen molar-refractivity contribution in [3.05, 3.63) is 11.7 Å². The highest BCUT2D eigenvalue weighted by Gasteiger charge is 2.02. The van der Waals surface area contributed by atoms with E-state index in [1.54, 1.807) is 6.92 Å². The van der Waals surface area contributed by atoms with E-state index in [9.17, 15) is 4.79 Å². The van der Waals surface area contributed by atoms with Crippen LogP contribution in [-0.2, 0) is 6.54 Å². The van der Waals surface area contributed by atoms with Crippen molar-refractivity contribution in [2.24, 2.45) is 0 Å². The van der Waals surface area contributed by atoms with Crippen molar-refractivity contribution in [3.63, 3.8) is 0 Å². The summed E-state index contributed by atoms with van der Waals surface area (Å²) in [6.45, 7) is 1.71. The molecule has 0 spiro atoms. The molecule has 60 valence electrons. The van der Waals surface area contributed by atoms with Gasteiger partial charge in [-0.2, -0.15) is 4.98 Å². The Hall–Kier alpha value is -1.59. The highest BCUT2D eigenvalue weighted by Crippen LogP contribution is 1.93. The molecule has 11 heavy (non-hydrogen) atoms. The Labute approximate surface area is 62.2 Å². The van der Waals surface area contributed by atoms with Gasteiger partial charge in [0.15, 0.2) is 5.82 Å². The number of nitrogens with zero attached hydrogens (tertiary/aromatic N) is 2. The molecule has 6 heteroatoms. The second-order valence-corrected chi connectivity index (χ2v) is 1.89. The van der Waals surface area contributed by atoms with Gasteiger partial charge in [-0.3, -0.25) is 0 Å². The Kier molecular flexibility index (Phi) is 2.05. The van der Waals surface area contributed by atoms with Gasteiger partial charge in [-0.05, 0) is 0 Å². The first-order chi connectivity index (χ1) is 5.18. The summed E-state index contributed by atoms with van der Waals surface area (Å²) in [4.78, 5) is 13.8. The summed E-state index contributed by atoms with van der Waals surface area (Å²) in [6.07, 6.45) is -1.10. The lowest BCUT2D eigenvalue weighted by Crippen LogP contribution is -2.20. The fourth-order valence-electron chi connectivity index (χ4n) is 0.568. The topological polar surface area (TPSA) is 88.2 Å². The normalized spacial score (nSPS) is 9.55. The predicted octanol–water partition coefficient (Wildman–Crippen LogP) is 0.146. The minimum atomic E-state index is -1.10. The molecule has 0 aliphatic heterocycles. The number of aromatic nitrogens is 2. The van der Waals surface area contributed by atoms with Gasteiger partial charge in [0.1, 0.15) is 0 Å². The molecule has 1 aromatic rings. The molecule has 0 fully saturated rings.